The van der Waals surface area contributed by atoms with E-state index in [9.17, 15) is 0 Å². The van der Waals surface area contributed by atoms with Gasteiger partial charge in [0.2, 0.25) is 0 Å². The molecule has 0 amide bonds. The maximum absolute atomic E-state index is 5.58. The quantitative estimate of drug-likeness (QED) is 0.848. The molecule has 1 aromatic heterocycles. The van der Waals surface area contributed by atoms with Crippen molar-refractivity contribution in [2.45, 2.75) is 13.1 Å². The van der Waals surface area contributed by atoms with Gasteiger partial charge in [-0.1, -0.05) is 42.5 Å². The van der Waals surface area contributed by atoms with Gasteiger partial charge in [-0.15, -0.1) is 0 Å². The summed E-state index contributed by atoms with van der Waals surface area (Å²) in [6.45, 7) is 1.70. The first kappa shape index (κ1) is 13.6. The lowest BCUT2D eigenvalue weighted by atomic mass is 10.1. The van der Waals surface area contributed by atoms with E-state index in [0.29, 0.717) is 4.99 Å². The monoisotopic (exact) mass is 271 g/mol. The average Bonchev–Trinajstić information content (AvgIpc) is 2.40. The lowest BCUT2D eigenvalue weighted by Gasteiger charge is -2.16. The SMILES string of the molecule is CN(Cc1ccc(C(N)=S)cc1)Cc1ccccn1. The Balaban J connectivity index is 1.95. The molecular formula is C15H17N3S. The maximum Gasteiger partial charge on any atom is 0.103 e. The van der Waals surface area contributed by atoms with Gasteiger partial charge in [-0.05, 0) is 24.7 Å². The molecule has 0 saturated carbocycles. The second-order valence-electron chi connectivity index (χ2n) is 4.55. The Kier molecular flexibility index (Phi) is 4.60. The van der Waals surface area contributed by atoms with Crippen molar-refractivity contribution in [1.82, 2.24) is 9.88 Å². The summed E-state index contributed by atoms with van der Waals surface area (Å²) in [5, 5.41) is 0. The number of hydrogen-bond acceptors (Lipinski definition) is 3. The molecule has 2 rings (SSSR count). The molecule has 0 radical (unpaired) electrons. The molecule has 0 unspecified atom stereocenters. The first-order valence-electron chi connectivity index (χ1n) is 6.12. The largest absolute Gasteiger partial charge is 0.389 e. The number of rotatable bonds is 5. The highest BCUT2D eigenvalue weighted by molar-refractivity contribution is 7.80. The summed E-state index contributed by atoms with van der Waals surface area (Å²) in [6, 6.07) is 14.0. The summed E-state index contributed by atoms with van der Waals surface area (Å²) in [6.07, 6.45) is 1.82. The predicted molar refractivity (Wildman–Crippen MR) is 81.7 cm³/mol. The number of hydrogen-bond donors (Lipinski definition) is 1. The van der Waals surface area contributed by atoms with Crippen LogP contribution in [0.3, 0.4) is 0 Å². The van der Waals surface area contributed by atoms with E-state index in [2.05, 4.69) is 29.1 Å². The zero-order valence-electron chi connectivity index (χ0n) is 10.9. The molecule has 0 saturated heterocycles. The van der Waals surface area contributed by atoms with Gasteiger partial charge >= 0.3 is 0 Å². The normalized spacial score (nSPS) is 10.6. The van der Waals surface area contributed by atoms with E-state index in [-0.39, 0.29) is 0 Å². The minimum Gasteiger partial charge on any atom is -0.389 e. The average molecular weight is 271 g/mol. The van der Waals surface area contributed by atoms with Crippen molar-refractivity contribution in [3.8, 4) is 0 Å². The predicted octanol–water partition coefficient (Wildman–Crippen LogP) is 2.35. The van der Waals surface area contributed by atoms with Crippen LogP contribution >= 0.6 is 12.2 Å². The Bertz CT molecular complexity index is 537. The number of aromatic nitrogens is 1. The summed E-state index contributed by atoms with van der Waals surface area (Å²) < 4.78 is 0. The van der Waals surface area contributed by atoms with Gasteiger partial charge < -0.3 is 5.73 Å². The standard InChI is InChI=1S/C15H17N3S/c1-18(11-14-4-2-3-9-17-14)10-12-5-7-13(8-6-12)15(16)19/h2-9H,10-11H2,1H3,(H2,16,19). The van der Waals surface area contributed by atoms with Gasteiger partial charge in [-0.3, -0.25) is 9.88 Å². The Morgan fingerprint density at radius 3 is 2.47 bits per heavy atom. The minimum atomic E-state index is 0.438. The number of nitrogens with two attached hydrogens (primary N) is 1. The van der Waals surface area contributed by atoms with E-state index in [1.54, 1.807) is 0 Å². The van der Waals surface area contributed by atoms with Gasteiger partial charge in [0, 0.05) is 24.8 Å². The van der Waals surface area contributed by atoms with E-state index in [0.717, 1.165) is 24.3 Å². The molecule has 0 aliphatic carbocycles. The van der Waals surface area contributed by atoms with Crippen LogP contribution in [0, 0.1) is 0 Å². The van der Waals surface area contributed by atoms with E-state index in [1.807, 2.05) is 36.5 Å². The van der Waals surface area contributed by atoms with Gasteiger partial charge in [0.05, 0.1) is 5.69 Å². The molecule has 3 nitrogen and oxygen atoms in total. The number of nitrogens with zero attached hydrogens (tertiary/aromatic N) is 2. The summed E-state index contributed by atoms with van der Waals surface area (Å²) >= 11 is 4.94. The maximum atomic E-state index is 5.58. The molecule has 2 N–H and O–H groups in total. The smallest absolute Gasteiger partial charge is 0.103 e. The fourth-order valence-corrected chi connectivity index (χ4v) is 2.05. The van der Waals surface area contributed by atoms with Gasteiger partial charge in [0.15, 0.2) is 0 Å². The van der Waals surface area contributed by atoms with Crippen LogP contribution in [0.25, 0.3) is 0 Å². The Hall–Kier alpha value is -1.78. The third-order valence-corrected chi connectivity index (χ3v) is 3.08. The van der Waals surface area contributed by atoms with E-state index in [1.165, 1.54) is 5.56 Å². The molecule has 1 heterocycles. The first-order chi connectivity index (χ1) is 9.15. The minimum absolute atomic E-state index is 0.438. The molecule has 19 heavy (non-hydrogen) atoms. The fraction of sp³-hybridized carbons (Fsp3) is 0.200. The van der Waals surface area contributed by atoms with E-state index >= 15 is 0 Å². The lowest BCUT2D eigenvalue weighted by molar-refractivity contribution is 0.315. The molecule has 0 spiro atoms. The van der Waals surface area contributed by atoms with Gasteiger partial charge in [-0.25, -0.2) is 0 Å². The molecule has 1 aromatic carbocycles. The summed E-state index contributed by atoms with van der Waals surface area (Å²) in [5.74, 6) is 0. The zero-order chi connectivity index (χ0) is 13.7. The van der Waals surface area contributed by atoms with Crippen LogP contribution in [0.2, 0.25) is 0 Å². The Morgan fingerprint density at radius 1 is 1.16 bits per heavy atom. The number of pyridine rings is 1. The van der Waals surface area contributed by atoms with Crippen molar-refractivity contribution in [2.75, 3.05) is 7.05 Å². The molecule has 0 atom stereocenters. The lowest BCUT2D eigenvalue weighted by Crippen LogP contribution is -2.18. The number of thiocarbonyl (C=S) groups is 1. The highest BCUT2D eigenvalue weighted by atomic mass is 32.1. The van der Waals surface area contributed by atoms with E-state index in [4.69, 9.17) is 18.0 Å². The van der Waals surface area contributed by atoms with Gasteiger partial charge in [0.25, 0.3) is 0 Å². The summed E-state index contributed by atoms with van der Waals surface area (Å²) in [5.41, 5.74) is 8.80. The third-order valence-electron chi connectivity index (χ3n) is 2.85. The van der Waals surface area contributed by atoms with Crippen LogP contribution in [0.5, 0.6) is 0 Å². The topological polar surface area (TPSA) is 42.1 Å². The van der Waals surface area contributed by atoms with Crippen LogP contribution in [0.15, 0.2) is 48.7 Å². The van der Waals surface area contributed by atoms with Crippen LogP contribution in [-0.4, -0.2) is 21.9 Å². The van der Waals surface area contributed by atoms with Crippen LogP contribution in [-0.2, 0) is 13.1 Å². The first-order valence-corrected chi connectivity index (χ1v) is 6.53. The zero-order valence-corrected chi connectivity index (χ0v) is 11.7. The van der Waals surface area contributed by atoms with Crippen molar-refractivity contribution >= 4 is 17.2 Å². The molecule has 4 heteroatoms. The van der Waals surface area contributed by atoms with Crippen LogP contribution in [0.4, 0.5) is 0 Å². The van der Waals surface area contributed by atoms with Crippen LogP contribution < -0.4 is 5.73 Å². The second-order valence-corrected chi connectivity index (χ2v) is 4.99. The molecule has 98 valence electrons. The van der Waals surface area contributed by atoms with Crippen LogP contribution in [0.1, 0.15) is 16.8 Å². The van der Waals surface area contributed by atoms with Gasteiger partial charge in [0.1, 0.15) is 4.99 Å². The van der Waals surface area contributed by atoms with Crippen molar-refractivity contribution < 1.29 is 0 Å². The molecule has 0 aliphatic rings. The molecule has 0 aliphatic heterocycles. The highest BCUT2D eigenvalue weighted by Gasteiger charge is 2.03. The third kappa shape index (κ3) is 4.12. The summed E-state index contributed by atoms with van der Waals surface area (Å²) in [7, 11) is 2.08. The Morgan fingerprint density at radius 2 is 1.89 bits per heavy atom. The number of benzene rings is 1. The molecule has 2 aromatic rings. The summed E-state index contributed by atoms with van der Waals surface area (Å²) in [4.78, 5) is 6.98. The van der Waals surface area contributed by atoms with Crippen molar-refractivity contribution in [1.29, 1.82) is 0 Å². The second kappa shape index (κ2) is 6.41. The molecule has 0 fully saturated rings. The highest BCUT2D eigenvalue weighted by Crippen LogP contribution is 2.08. The Labute approximate surface area is 119 Å². The van der Waals surface area contributed by atoms with Crippen molar-refractivity contribution in [3.05, 3.63) is 65.5 Å². The van der Waals surface area contributed by atoms with Crippen molar-refractivity contribution in [2.24, 2.45) is 5.73 Å². The fourth-order valence-electron chi connectivity index (χ4n) is 1.91. The van der Waals surface area contributed by atoms with Gasteiger partial charge in [-0.2, -0.15) is 0 Å². The van der Waals surface area contributed by atoms with E-state index < -0.39 is 0 Å². The molecular weight excluding hydrogens is 254 g/mol. The van der Waals surface area contributed by atoms with Crippen molar-refractivity contribution in [3.63, 3.8) is 0 Å². The molecule has 0 bridgehead atoms.